The Morgan fingerprint density at radius 1 is 1.19 bits per heavy atom. The van der Waals surface area contributed by atoms with Crippen molar-refractivity contribution in [1.29, 1.82) is 5.26 Å². The first-order valence-electron chi connectivity index (χ1n) is 7.25. The molecule has 0 unspecified atom stereocenters. The fourth-order valence-electron chi connectivity index (χ4n) is 2.86. The lowest BCUT2D eigenvalue weighted by Gasteiger charge is -2.24. The van der Waals surface area contributed by atoms with Crippen molar-refractivity contribution in [3.63, 3.8) is 0 Å². The molecule has 3 nitrogen and oxygen atoms in total. The van der Waals surface area contributed by atoms with E-state index >= 15 is 0 Å². The summed E-state index contributed by atoms with van der Waals surface area (Å²) in [7, 11) is 0. The lowest BCUT2D eigenvalue weighted by atomic mass is 10.1. The van der Waals surface area contributed by atoms with E-state index in [1.54, 1.807) is 12.1 Å². The Labute approximate surface area is 125 Å². The molecule has 0 spiro atoms. The zero-order chi connectivity index (χ0) is 14.7. The second-order valence-electron chi connectivity index (χ2n) is 5.36. The molecule has 1 heterocycles. The number of rotatable bonds is 4. The minimum atomic E-state index is 0.520. The summed E-state index contributed by atoms with van der Waals surface area (Å²) in [5.41, 5.74) is 3.40. The van der Waals surface area contributed by atoms with E-state index in [0.717, 1.165) is 18.7 Å². The van der Waals surface area contributed by atoms with E-state index < -0.39 is 0 Å². The van der Waals surface area contributed by atoms with Gasteiger partial charge in [-0.1, -0.05) is 18.2 Å². The molecular formula is C18H18N2O. The van der Waals surface area contributed by atoms with Crippen molar-refractivity contribution in [2.45, 2.75) is 19.4 Å². The van der Waals surface area contributed by atoms with Crippen molar-refractivity contribution >= 4 is 5.69 Å². The monoisotopic (exact) mass is 278 g/mol. The number of benzene rings is 2. The Morgan fingerprint density at radius 3 is 2.71 bits per heavy atom. The third-order valence-electron chi connectivity index (χ3n) is 3.93. The Balaban J connectivity index is 1.59. The lowest BCUT2D eigenvalue weighted by Crippen LogP contribution is -2.33. The van der Waals surface area contributed by atoms with Crippen LogP contribution in [0, 0.1) is 11.3 Å². The van der Waals surface area contributed by atoms with Crippen LogP contribution < -0.4 is 9.64 Å². The summed E-state index contributed by atoms with van der Waals surface area (Å²) in [5, 5.41) is 8.77. The molecule has 106 valence electrons. The SMILES string of the molecule is C[C@@H]1Cc2ccccc2N1CCOc1ccc(C#N)cc1. The van der Waals surface area contributed by atoms with Crippen LogP contribution in [0.15, 0.2) is 48.5 Å². The number of hydrogen-bond donors (Lipinski definition) is 0. The summed E-state index contributed by atoms with van der Waals surface area (Å²) in [4.78, 5) is 2.40. The maximum absolute atomic E-state index is 8.77. The maximum atomic E-state index is 8.77. The molecule has 3 rings (SSSR count). The predicted octanol–water partition coefficient (Wildman–Crippen LogP) is 3.39. The Hall–Kier alpha value is -2.47. The van der Waals surface area contributed by atoms with Gasteiger partial charge in [0.1, 0.15) is 12.4 Å². The van der Waals surface area contributed by atoms with Crippen molar-refractivity contribution in [1.82, 2.24) is 0 Å². The number of hydrogen-bond acceptors (Lipinski definition) is 3. The minimum Gasteiger partial charge on any atom is -0.492 e. The predicted molar refractivity (Wildman–Crippen MR) is 83.6 cm³/mol. The van der Waals surface area contributed by atoms with Gasteiger partial charge in [-0.2, -0.15) is 5.26 Å². The first-order chi connectivity index (χ1) is 10.3. The highest BCUT2D eigenvalue weighted by Crippen LogP contribution is 2.31. The van der Waals surface area contributed by atoms with E-state index in [-0.39, 0.29) is 0 Å². The maximum Gasteiger partial charge on any atom is 0.119 e. The second-order valence-corrected chi connectivity index (χ2v) is 5.36. The highest BCUT2D eigenvalue weighted by molar-refractivity contribution is 5.59. The van der Waals surface area contributed by atoms with Crippen molar-refractivity contribution in [3.05, 3.63) is 59.7 Å². The molecule has 0 N–H and O–H groups in total. The summed E-state index contributed by atoms with van der Waals surface area (Å²) in [6, 6.07) is 18.5. The van der Waals surface area contributed by atoms with Gasteiger partial charge in [-0.3, -0.25) is 0 Å². The third kappa shape index (κ3) is 2.85. The fraction of sp³-hybridized carbons (Fsp3) is 0.278. The van der Waals surface area contributed by atoms with Gasteiger partial charge in [0.15, 0.2) is 0 Å². The van der Waals surface area contributed by atoms with Crippen molar-refractivity contribution in [3.8, 4) is 11.8 Å². The van der Waals surface area contributed by atoms with Gasteiger partial charge in [0.25, 0.3) is 0 Å². The molecule has 1 aliphatic rings. The van der Waals surface area contributed by atoms with Gasteiger partial charge in [0, 0.05) is 11.7 Å². The van der Waals surface area contributed by atoms with Gasteiger partial charge in [-0.25, -0.2) is 0 Å². The summed E-state index contributed by atoms with van der Waals surface area (Å²) in [5.74, 6) is 0.814. The molecule has 0 radical (unpaired) electrons. The van der Waals surface area contributed by atoms with Gasteiger partial charge in [-0.05, 0) is 49.2 Å². The van der Waals surface area contributed by atoms with E-state index in [2.05, 4.69) is 42.2 Å². The molecule has 0 bridgehead atoms. The molecule has 0 saturated heterocycles. The van der Waals surface area contributed by atoms with Crippen molar-refractivity contribution in [2.75, 3.05) is 18.1 Å². The summed E-state index contributed by atoms with van der Waals surface area (Å²) in [6.07, 6.45) is 1.10. The summed E-state index contributed by atoms with van der Waals surface area (Å²) in [6.45, 7) is 3.77. The van der Waals surface area contributed by atoms with Crippen LogP contribution in [0.4, 0.5) is 5.69 Å². The molecular weight excluding hydrogens is 260 g/mol. The lowest BCUT2D eigenvalue weighted by molar-refractivity contribution is 0.321. The van der Waals surface area contributed by atoms with Crippen LogP contribution >= 0.6 is 0 Å². The van der Waals surface area contributed by atoms with Gasteiger partial charge in [0.2, 0.25) is 0 Å². The summed E-state index contributed by atoms with van der Waals surface area (Å²) >= 11 is 0. The van der Waals surface area contributed by atoms with E-state index in [1.807, 2.05) is 12.1 Å². The van der Waals surface area contributed by atoms with Gasteiger partial charge in [-0.15, -0.1) is 0 Å². The number of anilines is 1. The molecule has 0 saturated carbocycles. The van der Waals surface area contributed by atoms with E-state index in [0.29, 0.717) is 18.2 Å². The Kier molecular flexibility index (Phi) is 3.79. The second kappa shape index (κ2) is 5.88. The molecule has 21 heavy (non-hydrogen) atoms. The zero-order valence-corrected chi connectivity index (χ0v) is 12.1. The zero-order valence-electron chi connectivity index (χ0n) is 12.1. The van der Waals surface area contributed by atoms with E-state index in [1.165, 1.54) is 11.3 Å². The van der Waals surface area contributed by atoms with Crippen LogP contribution in [-0.4, -0.2) is 19.2 Å². The van der Waals surface area contributed by atoms with Crippen LogP contribution in [0.2, 0.25) is 0 Å². The largest absolute Gasteiger partial charge is 0.492 e. The molecule has 1 atom stereocenters. The number of nitriles is 1. The first-order valence-corrected chi connectivity index (χ1v) is 7.25. The quantitative estimate of drug-likeness (QED) is 0.860. The average Bonchev–Trinajstić information content (AvgIpc) is 2.84. The summed E-state index contributed by atoms with van der Waals surface area (Å²) < 4.78 is 5.78. The van der Waals surface area contributed by atoms with E-state index in [9.17, 15) is 0 Å². The smallest absolute Gasteiger partial charge is 0.119 e. The molecule has 0 amide bonds. The molecule has 0 aromatic heterocycles. The normalized spacial score (nSPS) is 16.4. The molecule has 0 aliphatic carbocycles. The Morgan fingerprint density at radius 2 is 1.95 bits per heavy atom. The minimum absolute atomic E-state index is 0.520. The molecule has 2 aromatic rings. The number of ether oxygens (including phenoxy) is 1. The van der Waals surface area contributed by atoms with Crippen LogP contribution in [0.25, 0.3) is 0 Å². The van der Waals surface area contributed by atoms with Crippen LogP contribution in [-0.2, 0) is 6.42 Å². The number of fused-ring (bicyclic) bond motifs is 1. The van der Waals surface area contributed by atoms with Crippen LogP contribution in [0.3, 0.4) is 0 Å². The highest BCUT2D eigenvalue weighted by atomic mass is 16.5. The van der Waals surface area contributed by atoms with Gasteiger partial charge >= 0.3 is 0 Å². The third-order valence-corrected chi connectivity index (χ3v) is 3.93. The topological polar surface area (TPSA) is 36.3 Å². The Bertz CT molecular complexity index is 658. The standard InChI is InChI=1S/C18H18N2O/c1-14-12-16-4-2-3-5-18(16)20(14)10-11-21-17-8-6-15(13-19)7-9-17/h2-9,14H,10-12H2,1H3/t14-/m1/s1. The highest BCUT2D eigenvalue weighted by Gasteiger charge is 2.24. The molecule has 1 aliphatic heterocycles. The first kappa shape index (κ1) is 13.5. The van der Waals surface area contributed by atoms with E-state index in [4.69, 9.17) is 10.00 Å². The van der Waals surface area contributed by atoms with Gasteiger partial charge < -0.3 is 9.64 Å². The molecule has 0 fully saturated rings. The van der Waals surface area contributed by atoms with Crippen LogP contribution in [0.1, 0.15) is 18.1 Å². The molecule has 2 aromatic carbocycles. The van der Waals surface area contributed by atoms with Crippen molar-refractivity contribution < 1.29 is 4.74 Å². The number of para-hydroxylation sites is 1. The molecule has 3 heteroatoms. The average molecular weight is 278 g/mol. The van der Waals surface area contributed by atoms with Crippen LogP contribution in [0.5, 0.6) is 5.75 Å². The van der Waals surface area contributed by atoms with Gasteiger partial charge in [0.05, 0.1) is 18.2 Å². The number of nitrogens with zero attached hydrogens (tertiary/aromatic N) is 2. The fourth-order valence-corrected chi connectivity index (χ4v) is 2.86. The van der Waals surface area contributed by atoms with Crippen molar-refractivity contribution in [2.24, 2.45) is 0 Å².